The van der Waals surface area contributed by atoms with Crippen LogP contribution in [0.15, 0.2) is 0 Å². The SMILES string of the molecule is O=C(NCCc1nnc2n1CCCCC2)C1CC12CCNCC2. The third kappa shape index (κ3) is 3.01. The van der Waals surface area contributed by atoms with Crippen LogP contribution >= 0.6 is 0 Å². The number of hydrogen-bond donors (Lipinski definition) is 2. The topological polar surface area (TPSA) is 71.8 Å². The number of aromatic nitrogens is 3. The van der Waals surface area contributed by atoms with E-state index >= 15 is 0 Å². The van der Waals surface area contributed by atoms with Crippen LogP contribution in [0.3, 0.4) is 0 Å². The summed E-state index contributed by atoms with van der Waals surface area (Å²) in [6, 6.07) is 0. The zero-order valence-corrected chi connectivity index (χ0v) is 13.8. The number of rotatable bonds is 4. The number of aryl methyl sites for hydroxylation is 1. The summed E-state index contributed by atoms with van der Waals surface area (Å²) in [6.07, 6.45) is 8.93. The molecule has 1 unspecified atom stereocenters. The minimum absolute atomic E-state index is 0.250. The fourth-order valence-corrected chi connectivity index (χ4v) is 4.35. The first-order valence-corrected chi connectivity index (χ1v) is 9.18. The Kier molecular flexibility index (Phi) is 4.09. The van der Waals surface area contributed by atoms with Crippen LogP contribution in [0.5, 0.6) is 0 Å². The fourth-order valence-electron chi connectivity index (χ4n) is 4.35. The Morgan fingerprint density at radius 2 is 2.13 bits per heavy atom. The number of carbonyl (C=O) groups excluding carboxylic acids is 1. The number of amides is 1. The highest BCUT2D eigenvalue weighted by molar-refractivity contribution is 5.82. The van der Waals surface area contributed by atoms with Crippen LogP contribution in [-0.2, 0) is 24.2 Å². The molecular formula is C17H27N5O. The second-order valence-electron chi connectivity index (χ2n) is 7.40. The molecule has 2 fully saturated rings. The van der Waals surface area contributed by atoms with Crippen LogP contribution in [-0.4, -0.2) is 40.3 Å². The highest BCUT2D eigenvalue weighted by Gasteiger charge is 2.57. The molecule has 1 aromatic heterocycles. The van der Waals surface area contributed by atoms with E-state index < -0.39 is 0 Å². The van der Waals surface area contributed by atoms with Gasteiger partial charge in [0.15, 0.2) is 0 Å². The quantitative estimate of drug-likeness (QED) is 0.871. The van der Waals surface area contributed by atoms with Gasteiger partial charge < -0.3 is 15.2 Å². The van der Waals surface area contributed by atoms with Gasteiger partial charge in [-0.1, -0.05) is 6.42 Å². The zero-order valence-electron chi connectivity index (χ0n) is 13.8. The second-order valence-corrected chi connectivity index (χ2v) is 7.40. The van der Waals surface area contributed by atoms with Gasteiger partial charge in [0.05, 0.1) is 0 Å². The summed E-state index contributed by atoms with van der Waals surface area (Å²) in [5.74, 6) is 2.66. The van der Waals surface area contributed by atoms with Crippen LogP contribution in [0, 0.1) is 11.3 Å². The number of hydrogen-bond acceptors (Lipinski definition) is 4. The van der Waals surface area contributed by atoms with Gasteiger partial charge in [-0.15, -0.1) is 10.2 Å². The monoisotopic (exact) mass is 317 g/mol. The predicted molar refractivity (Wildman–Crippen MR) is 86.9 cm³/mol. The zero-order chi connectivity index (χ0) is 15.7. The molecule has 126 valence electrons. The van der Waals surface area contributed by atoms with Crippen molar-refractivity contribution in [2.75, 3.05) is 19.6 Å². The van der Waals surface area contributed by atoms with E-state index in [1.807, 2.05) is 0 Å². The fraction of sp³-hybridized carbons (Fsp3) is 0.824. The van der Waals surface area contributed by atoms with E-state index in [1.54, 1.807) is 0 Å². The number of piperidine rings is 1. The van der Waals surface area contributed by atoms with Crippen LogP contribution in [0.2, 0.25) is 0 Å². The Labute approximate surface area is 137 Å². The predicted octanol–water partition coefficient (Wildman–Crippen LogP) is 1.05. The van der Waals surface area contributed by atoms with E-state index in [0.29, 0.717) is 12.0 Å². The molecule has 23 heavy (non-hydrogen) atoms. The summed E-state index contributed by atoms with van der Waals surface area (Å²) in [6.45, 7) is 3.84. The number of fused-ring (bicyclic) bond motifs is 1. The third-order valence-corrected chi connectivity index (χ3v) is 5.94. The molecule has 3 aliphatic rings. The van der Waals surface area contributed by atoms with Gasteiger partial charge in [0.1, 0.15) is 11.6 Å². The lowest BCUT2D eigenvalue weighted by atomic mass is 9.92. The molecule has 0 bridgehead atoms. The minimum atomic E-state index is 0.250. The lowest BCUT2D eigenvalue weighted by Gasteiger charge is -2.23. The first-order chi connectivity index (χ1) is 11.3. The number of nitrogens with zero attached hydrogens (tertiary/aromatic N) is 3. The standard InChI is InChI=1S/C17H27N5O/c23-16(13-12-17(13)6-9-18-10-7-17)19-8-5-15-21-20-14-4-2-1-3-11-22(14)15/h13,18H,1-12H2,(H,19,23). The van der Waals surface area contributed by atoms with Crippen molar-refractivity contribution in [1.29, 1.82) is 0 Å². The molecule has 1 amide bonds. The summed E-state index contributed by atoms with van der Waals surface area (Å²) in [5.41, 5.74) is 0.321. The Morgan fingerprint density at radius 3 is 3.00 bits per heavy atom. The molecule has 1 atom stereocenters. The Bertz CT molecular complexity index is 576. The van der Waals surface area contributed by atoms with Crippen LogP contribution < -0.4 is 10.6 Å². The molecule has 3 heterocycles. The Morgan fingerprint density at radius 1 is 1.26 bits per heavy atom. The van der Waals surface area contributed by atoms with Gasteiger partial charge in [0, 0.05) is 31.8 Å². The average molecular weight is 317 g/mol. The van der Waals surface area contributed by atoms with Gasteiger partial charge >= 0.3 is 0 Å². The van der Waals surface area contributed by atoms with Gasteiger partial charge in [-0.3, -0.25) is 4.79 Å². The molecule has 1 aromatic rings. The van der Waals surface area contributed by atoms with E-state index in [9.17, 15) is 4.79 Å². The summed E-state index contributed by atoms with van der Waals surface area (Å²) >= 11 is 0. The molecule has 0 radical (unpaired) electrons. The van der Waals surface area contributed by atoms with Crippen molar-refractivity contribution in [2.45, 2.75) is 57.9 Å². The van der Waals surface area contributed by atoms with E-state index in [0.717, 1.165) is 63.4 Å². The van der Waals surface area contributed by atoms with Crippen LogP contribution in [0.4, 0.5) is 0 Å². The van der Waals surface area contributed by atoms with Gasteiger partial charge in [0.25, 0.3) is 0 Å². The molecule has 2 N–H and O–H groups in total. The first kappa shape index (κ1) is 15.1. The van der Waals surface area contributed by atoms with Crippen molar-refractivity contribution in [2.24, 2.45) is 11.3 Å². The first-order valence-electron chi connectivity index (χ1n) is 9.18. The van der Waals surface area contributed by atoms with E-state index in [4.69, 9.17) is 0 Å². The molecule has 2 aliphatic heterocycles. The largest absolute Gasteiger partial charge is 0.355 e. The highest BCUT2D eigenvalue weighted by atomic mass is 16.2. The van der Waals surface area contributed by atoms with Gasteiger partial charge in [-0.25, -0.2) is 0 Å². The third-order valence-electron chi connectivity index (χ3n) is 5.94. The molecule has 4 rings (SSSR count). The maximum absolute atomic E-state index is 12.4. The van der Waals surface area contributed by atoms with Crippen LogP contribution in [0.1, 0.15) is 50.2 Å². The molecule has 1 saturated heterocycles. The van der Waals surface area contributed by atoms with E-state index in [2.05, 4.69) is 25.4 Å². The molecule has 1 spiro atoms. The average Bonchev–Trinajstić information content (AvgIpc) is 3.21. The normalized spacial score (nSPS) is 25.7. The summed E-state index contributed by atoms with van der Waals surface area (Å²) in [4.78, 5) is 12.4. The molecule has 1 saturated carbocycles. The summed E-state index contributed by atoms with van der Waals surface area (Å²) in [7, 11) is 0. The maximum Gasteiger partial charge on any atom is 0.223 e. The number of carbonyl (C=O) groups is 1. The maximum atomic E-state index is 12.4. The van der Waals surface area contributed by atoms with Crippen molar-refractivity contribution in [3.63, 3.8) is 0 Å². The van der Waals surface area contributed by atoms with Crippen LogP contribution in [0.25, 0.3) is 0 Å². The Balaban J connectivity index is 1.28. The molecule has 6 heteroatoms. The molecule has 0 aromatic carbocycles. The molecular weight excluding hydrogens is 290 g/mol. The minimum Gasteiger partial charge on any atom is -0.355 e. The Hall–Kier alpha value is -1.43. The van der Waals surface area contributed by atoms with Crippen molar-refractivity contribution in [1.82, 2.24) is 25.4 Å². The van der Waals surface area contributed by atoms with Crippen molar-refractivity contribution >= 4 is 5.91 Å². The highest BCUT2D eigenvalue weighted by Crippen LogP contribution is 2.58. The second kappa shape index (κ2) is 6.23. The van der Waals surface area contributed by atoms with Gasteiger partial charge in [-0.05, 0) is 50.6 Å². The van der Waals surface area contributed by atoms with Crippen molar-refractivity contribution in [3.05, 3.63) is 11.6 Å². The summed E-state index contributed by atoms with van der Waals surface area (Å²) < 4.78 is 2.27. The summed E-state index contributed by atoms with van der Waals surface area (Å²) in [5, 5.41) is 15.2. The van der Waals surface area contributed by atoms with E-state index in [-0.39, 0.29) is 11.8 Å². The lowest BCUT2D eigenvalue weighted by Crippen LogP contribution is -2.34. The van der Waals surface area contributed by atoms with E-state index in [1.165, 1.54) is 19.3 Å². The van der Waals surface area contributed by atoms with Gasteiger partial charge in [0.2, 0.25) is 5.91 Å². The molecule has 1 aliphatic carbocycles. The van der Waals surface area contributed by atoms with Crippen molar-refractivity contribution in [3.8, 4) is 0 Å². The smallest absolute Gasteiger partial charge is 0.223 e. The van der Waals surface area contributed by atoms with Crippen molar-refractivity contribution < 1.29 is 4.79 Å². The molecule has 6 nitrogen and oxygen atoms in total. The lowest BCUT2D eigenvalue weighted by molar-refractivity contribution is -0.123. The van der Waals surface area contributed by atoms with Gasteiger partial charge in [-0.2, -0.15) is 0 Å². The number of nitrogens with one attached hydrogen (secondary N) is 2.